The molecule has 0 spiro atoms. The van der Waals surface area contributed by atoms with Crippen molar-refractivity contribution < 1.29 is 9.53 Å². The van der Waals surface area contributed by atoms with E-state index >= 15 is 0 Å². The van der Waals surface area contributed by atoms with Crippen LogP contribution in [0.4, 0.5) is 0 Å². The number of piperidine rings is 1. The molecule has 0 saturated carbocycles. The van der Waals surface area contributed by atoms with Crippen molar-refractivity contribution in [1.29, 1.82) is 0 Å². The van der Waals surface area contributed by atoms with E-state index < -0.39 is 0 Å². The number of carbonyl (C=O) groups excluding carboxylic acids is 1. The van der Waals surface area contributed by atoms with Crippen LogP contribution in [-0.4, -0.2) is 62.8 Å². The SMILES string of the molecule is CC(CNC(=O)C1CCCNC1)N1CCOCC1. The predicted octanol–water partition coefficient (Wildman–Crippen LogP) is -0.177. The second-order valence-electron chi connectivity index (χ2n) is 5.29. The number of nitrogens with zero attached hydrogens (tertiary/aromatic N) is 1. The molecule has 2 N–H and O–H groups in total. The number of amides is 1. The molecule has 0 aliphatic carbocycles. The molecular weight excluding hydrogens is 230 g/mol. The minimum atomic E-state index is 0.163. The highest BCUT2D eigenvalue weighted by molar-refractivity contribution is 5.79. The number of morpholine rings is 1. The van der Waals surface area contributed by atoms with Crippen LogP contribution in [0.5, 0.6) is 0 Å². The average Bonchev–Trinajstić information content (AvgIpc) is 2.46. The average molecular weight is 255 g/mol. The molecule has 2 aliphatic rings. The Bertz CT molecular complexity index is 261. The Labute approximate surface area is 109 Å². The lowest BCUT2D eigenvalue weighted by atomic mass is 9.99. The third-order valence-corrected chi connectivity index (χ3v) is 3.91. The van der Waals surface area contributed by atoms with Crippen LogP contribution in [0, 0.1) is 5.92 Å². The minimum absolute atomic E-state index is 0.163. The van der Waals surface area contributed by atoms with Gasteiger partial charge >= 0.3 is 0 Å². The monoisotopic (exact) mass is 255 g/mol. The summed E-state index contributed by atoms with van der Waals surface area (Å²) in [6.07, 6.45) is 2.13. The van der Waals surface area contributed by atoms with E-state index in [0.29, 0.717) is 6.04 Å². The highest BCUT2D eigenvalue weighted by atomic mass is 16.5. The van der Waals surface area contributed by atoms with Gasteiger partial charge in [0.05, 0.1) is 19.1 Å². The Kier molecular flexibility index (Phi) is 5.41. The van der Waals surface area contributed by atoms with Crippen LogP contribution in [0.1, 0.15) is 19.8 Å². The molecule has 0 aromatic rings. The fourth-order valence-corrected chi connectivity index (χ4v) is 2.62. The zero-order chi connectivity index (χ0) is 12.8. The first kappa shape index (κ1) is 13.8. The highest BCUT2D eigenvalue weighted by Gasteiger charge is 2.22. The van der Waals surface area contributed by atoms with E-state index in [1.54, 1.807) is 0 Å². The van der Waals surface area contributed by atoms with E-state index in [1.165, 1.54) is 0 Å². The maximum absolute atomic E-state index is 12.0. The third-order valence-electron chi connectivity index (χ3n) is 3.91. The summed E-state index contributed by atoms with van der Waals surface area (Å²) in [5.41, 5.74) is 0. The molecule has 104 valence electrons. The highest BCUT2D eigenvalue weighted by Crippen LogP contribution is 2.10. The molecule has 0 bridgehead atoms. The fraction of sp³-hybridized carbons (Fsp3) is 0.923. The van der Waals surface area contributed by atoms with Crippen molar-refractivity contribution in [1.82, 2.24) is 15.5 Å². The zero-order valence-electron chi connectivity index (χ0n) is 11.3. The van der Waals surface area contributed by atoms with Gasteiger partial charge in [-0.15, -0.1) is 0 Å². The lowest BCUT2D eigenvalue weighted by Gasteiger charge is -2.32. The predicted molar refractivity (Wildman–Crippen MR) is 70.5 cm³/mol. The maximum Gasteiger partial charge on any atom is 0.224 e. The summed E-state index contributed by atoms with van der Waals surface area (Å²) in [5, 5.41) is 6.37. The number of hydrogen-bond donors (Lipinski definition) is 2. The lowest BCUT2D eigenvalue weighted by Crippen LogP contribution is -2.49. The summed E-state index contributed by atoms with van der Waals surface area (Å²) in [4.78, 5) is 14.4. The van der Waals surface area contributed by atoms with E-state index in [9.17, 15) is 4.79 Å². The number of ether oxygens (including phenoxy) is 1. The molecule has 0 aromatic carbocycles. The Morgan fingerprint density at radius 2 is 2.28 bits per heavy atom. The summed E-state index contributed by atoms with van der Waals surface area (Å²) in [6, 6.07) is 0.398. The molecule has 1 amide bonds. The van der Waals surface area contributed by atoms with Gasteiger partial charge in [-0.1, -0.05) is 0 Å². The second-order valence-corrected chi connectivity index (χ2v) is 5.29. The van der Waals surface area contributed by atoms with Crippen LogP contribution < -0.4 is 10.6 Å². The van der Waals surface area contributed by atoms with E-state index in [2.05, 4.69) is 22.5 Å². The van der Waals surface area contributed by atoms with Gasteiger partial charge in [-0.3, -0.25) is 9.69 Å². The van der Waals surface area contributed by atoms with E-state index in [4.69, 9.17) is 4.74 Å². The molecule has 2 heterocycles. The van der Waals surface area contributed by atoms with Crippen LogP contribution in [0.15, 0.2) is 0 Å². The van der Waals surface area contributed by atoms with Crippen LogP contribution in [0.2, 0.25) is 0 Å². The molecule has 2 rings (SSSR count). The molecule has 5 heteroatoms. The Hall–Kier alpha value is -0.650. The quantitative estimate of drug-likeness (QED) is 0.732. The summed E-state index contributed by atoms with van der Waals surface area (Å²) < 4.78 is 5.33. The van der Waals surface area contributed by atoms with Gasteiger partial charge in [0.2, 0.25) is 5.91 Å². The zero-order valence-corrected chi connectivity index (χ0v) is 11.3. The number of hydrogen-bond acceptors (Lipinski definition) is 4. The molecule has 0 aromatic heterocycles. The number of rotatable bonds is 4. The van der Waals surface area contributed by atoms with Crippen LogP contribution >= 0.6 is 0 Å². The Morgan fingerprint density at radius 1 is 1.50 bits per heavy atom. The van der Waals surface area contributed by atoms with Crippen molar-refractivity contribution in [3.8, 4) is 0 Å². The van der Waals surface area contributed by atoms with Crippen LogP contribution in [-0.2, 0) is 9.53 Å². The molecule has 18 heavy (non-hydrogen) atoms. The first-order valence-corrected chi connectivity index (χ1v) is 7.07. The standard InChI is InChI=1S/C13H25N3O2/c1-11(16-5-7-18-8-6-16)9-15-13(17)12-3-2-4-14-10-12/h11-12,14H,2-10H2,1H3,(H,15,17). The van der Waals surface area contributed by atoms with Crippen molar-refractivity contribution in [2.45, 2.75) is 25.8 Å². The summed E-state index contributed by atoms with van der Waals surface area (Å²) in [5.74, 6) is 0.373. The van der Waals surface area contributed by atoms with Crippen molar-refractivity contribution in [2.75, 3.05) is 45.9 Å². The second kappa shape index (κ2) is 7.07. The molecule has 2 unspecified atom stereocenters. The van der Waals surface area contributed by atoms with E-state index in [0.717, 1.165) is 58.8 Å². The molecule has 2 fully saturated rings. The first-order chi connectivity index (χ1) is 8.77. The molecule has 5 nitrogen and oxygen atoms in total. The van der Waals surface area contributed by atoms with Gasteiger partial charge in [0.15, 0.2) is 0 Å². The number of nitrogens with one attached hydrogen (secondary N) is 2. The van der Waals surface area contributed by atoms with Gasteiger partial charge in [0.25, 0.3) is 0 Å². The van der Waals surface area contributed by atoms with Crippen molar-refractivity contribution in [2.24, 2.45) is 5.92 Å². The molecular formula is C13H25N3O2. The molecule has 2 aliphatic heterocycles. The number of carbonyl (C=O) groups is 1. The summed E-state index contributed by atoms with van der Waals surface area (Å²) >= 11 is 0. The van der Waals surface area contributed by atoms with Gasteiger partial charge in [0, 0.05) is 32.2 Å². The van der Waals surface area contributed by atoms with Gasteiger partial charge in [0.1, 0.15) is 0 Å². The largest absolute Gasteiger partial charge is 0.379 e. The molecule has 0 radical (unpaired) electrons. The fourth-order valence-electron chi connectivity index (χ4n) is 2.62. The van der Waals surface area contributed by atoms with E-state index in [-0.39, 0.29) is 11.8 Å². The van der Waals surface area contributed by atoms with Gasteiger partial charge < -0.3 is 15.4 Å². The van der Waals surface area contributed by atoms with Crippen LogP contribution in [0.3, 0.4) is 0 Å². The minimum Gasteiger partial charge on any atom is -0.379 e. The Morgan fingerprint density at radius 3 is 2.94 bits per heavy atom. The Balaban J connectivity index is 1.67. The van der Waals surface area contributed by atoms with Gasteiger partial charge in [-0.2, -0.15) is 0 Å². The maximum atomic E-state index is 12.0. The third kappa shape index (κ3) is 3.93. The van der Waals surface area contributed by atoms with E-state index in [1.807, 2.05) is 0 Å². The summed E-state index contributed by atoms with van der Waals surface area (Å²) in [6.45, 7) is 8.37. The van der Waals surface area contributed by atoms with Gasteiger partial charge in [-0.25, -0.2) is 0 Å². The normalized spacial score (nSPS) is 27.7. The van der Waals surface area contributed by atoms with Crippen LogP contribution in [0.25, 0.3) is 0 Å². The molecule has 2 saturated heterocycles. The smallest absolute Gasteiger partial charge is 0.224 e. The first-order valence-electron chi connectivity index (χ1n) is 7.07. The summed E-state index contributed by atoms with van der Waals surface area (Å²) in [7, 11) is 0. The topological polar surface area (TPSA) is 53.6 Å². The lowest BCUT2D eigenvalue weighted by molar-refractivity contribution is -0.125. The van der Waals surface area contributed by atoms with Crippen molar-refractivity contribution in [3.63, 3.8) is 0 Å². The van der Waals surface area contributed by atoms with Crippen molar-refractivity contribution in [3.05, 3.63) is 0 Å². The molecule has 2 atom stereocenters. The van der Waals surface area contributed by atoms with Gasteiger partial charge in [-0.05, 0) is 26.3 Å². The van der Waals surface area contributed by atoms with Crippen molar-refractivity contribution >= 4 is 5.91 Å².